The van der Waals surface area contributed by atoms with Crippen LogP contribution in [-0.4, -0.2) is 13.7 Å². The van der Waals surface area contributed by atoms with Crippen LogP contribution >= 0.6 is 0 Å². The molecule has 0 aromatic rings. The Morgan fingerprint density at radius 1 is 1.15 bits per heavy atom. The fourth-order valence-corrected chi connectivity index (χ4v) is 3.70. The lowest BCUT2D eigenvalue weighted by Crippen LogP contribution is -2.25. The third-order valence-corrected chi connectivity index (χ3v) is 4.73. The molecule has 0 aromatic carbocycles. The molecule has 2 bridgehead atoms. The number of hydrogen-bond acceptors (Lipinski definition) is 1. The first-order valence-corrected chi connectivity index (χ1v) is 5.73. The molecule has 0 radical (unpaired) electrons. The predicted octanol–water partition coefficient (Wildman–Crippen LogP) is 2.95. The van der Waals surface area contributed by atoms with Crippen LogP contribution < -0.4 is 0 Å². The maximum absolute atomic E-state index is 5.17. The number of rotatable bonds is 3. The van der Waals surface area contributed by atoms with Gasteiger partial charge in [-0.2, -0.15) is 0 Å². The first-order chi connectivity index (χ1) is 6.24. The van der Waals surface area contributed by atoms with Crippen molar-refractivity contribution in [1.82, 2.24) is 0 Å². The summed E-state index contributed by atoms with van der Waals surface area (Å²) < 4.78 is 5.17. The Labute approximate surface area is 81.9 Å². The maximum Gasteiger partial charge on any atom is 0.0465 e. The number of ether oxygens (including phenoxy) is 1. The van der Waals surface area contributed by atoms with Crippen LogP contribution in [0.4, 0.5) is 0 Å². The van der Waals surface area contributed by atoms with Crippen molar-refractivity contribution in [2.24, 2.45) is 29.6 Å². The van der Waals surface area contributed by atoms with Gasteiger partial charge in [-0.1, -0.05) is 13.8 Å². The summed E-state index contributed by atoms with van der Waals surface area (Å²) in [5.74, 6) is 5.01. The molecule has 5 atom stereocenters. The van der Waals surface area contributed by atoms with Crippen LogP contribution in [0.1, 0.15) is 33.1 Å². The van der Waals surface area contributed by atoms with E-state index >= 15 is 0 Å². The smallest absolute Gasteiger partial charge is 0.0465 e. The summed E-state index contributed by atoms with van der Waals surface area (Å²) in [5.41, 5.74) is 0. The van der Waals surface area contributed by atoms with Crippen LogP contribution in [0.5, 0.6) is 0 Å². The maximum atomic E-state index is 5.17. The van der Waals surface area contributed by atoms with E-state index in [1.807, 2.05) is 7.11 Å². The summed E-state index contributed by atoms with van der Waals surface area (Å²) in [4.78, 5) is 0. The van der Waals surface area contributed by atoms with Gasteiger partial charge in [0.15, 0.2) is 0 Å². The van der Waals surface area contributed by atoms with Gasteiger partial charge < -0.3 is 4.74 Å². The third kappa shape index (κ3) is 1.52. The minimum atomic E-state index is 0.967. The molecule has 2 fully saturated rings. The third-order valence-electron chi connectivity index (χ3n) is 4.73. The summed E-state index contributed by atoms with van der Waals surface area (Å²) in [6.45, 7) is 5.87. The topological polar surface area (TPSA) is 9.23 Å². The van der Waals surface area contributed by atoms with Crippen molar-refractivity contribution in [1.29, 1.82) is 0 Å². The largest absolute Gasteiger partial charge is 0.385 e. The lowest BCUT2D eigenvalue weighted by atomic mass is 9.75. The minimum Gasteiger partial charge on any atom is -0.385 e. The van der Waals surface area contributed by atoms with Gasteiger partial charge >= 0.3 is 0 Å². The van der Waals surface area contributed by atoms with Crippen LogP contribution in [0, 0.1) is 29.6 Å². The van der Waals surface area contributed by atoms with E-state index in [-0.39, 0.29) is 0 Å². The van der Waals surface area contributed by atoms with Gasteiger partial charge in [-0.3, -0.25) is 0 Å². The van der Waals surface area contributed by atoms with Gasteiger partial charge in [-0.15, -0.1) is 0 Å². The standard InChI is InChI=1S/C12H22O/c1-8-9(2)12-7-11(8)6-10(12)4-5-13-3/h8-12H,4-7H2,1-3H3. The Bertz CT molecular complexity index is 176. The molecular formula is C12H22O. The van der Waals surface area contributed by atoms with Crippen molar-refractivity contribution < 1.29 is 4.74 Å². The molecule has 0 heterocycles. The summed E-state index contributed by atoms with van der Waals surface area (Å²) >= 11 is 0. The minimum absolute atomic E-state index is 0.967. The van der Waals surface area contributed by atoms with Gasteiger partial charge in [0.1, 0.15) is 0 Å². The Morgan fingerprint density at radius 2 is 1.92 bits per heavy atom. The van der Waals surface area contributed by atoms with Crippen LogP contribution in [0.3, 0.4) is 0 Å². The number of fused-ring (bicyclic) bond motifs is 2. The second kappa shape index (κ2) is 3.61. The van der Waals surface area contributed by atoms with Crippen LogP contribution in [0.25, 0.3) is 0 Å². The van der Waals surface area contributed by atoms with Crippen molar-refractivity contribution >= 4 is 0 Å². The predicted molar refractivity (Wildman–Crippen MR) is 54.5 cm³/mol. The van der Waals surface area contributed by atoms with Crippen molar-refractivity contribution in [3.63, 3.8) is 0 Å². The first kappa shape index (κ1) is 9.51. The van der Waals surface area contributed by atoms with Gasteiger partial charge in [0, 0.05) is 13.7 Å². The Hall–Kier alpha value is -0.0400. The molecule has 0 N–H and O–H groups in total. The molecule has 0 spiro atoms. The number of hydrogen-bond donors (Lipinski definition) is 0. The van der Waals surface area contributed by atoms with Crippen molar-refractivity contribution in [2.45, 2.75) is 33.1 Å². The lowest BCUT2D eigenvalue weighted by molar-refractivity contribution is 0.128. The molecule has 13 heavy (non-hydrogen) atoms. The monoisotopic (exact) mass is 182 g/mol. The summed E-state index contributed by atoms with van der Waals surface area (Å²) in [7, 11) is 1.82. The SMILES string of the molecule is COCCC1CC2CC1C(C)C2C. The highest BCUT2D eigenvalue weighted by Crippen LogP contribution is 2.55. The Morgan fingerprint density at radius 3 is 2.46 bits per heavy atom. The van der Waals surface area contributed by atoms with E-state index in [9.17, 15) is 0 Å². The molecular weight excluding hydrogens is 160 g/mol. The highest BCUT2D eigenvalue weighted by Gasteiger charge is 2.47. The Kier molecular flexibility index (Phi) is 2.64. The summed E-state index contributed by atoms with van der Waals surface area (Å²) in [6.07, 6.45) is 4.30. The van der Waals surface area contributed by atoms with Crippen LogP contribution in [0.15, 0.2) is 0 Å². The van der Waals surface area contributed by atoms with E-state index in [1.54, 1.807) is 0 Å². The second-order valence-corrected chi connectivity index (χ2v) is 5.16. The zero-order chi connectivity index (χ0) is 9.42. The van der Waals surface area contributed by atoms with E-state index in [2.05, 4.69) is 13.8 Å². The molecule has 5 unspecified atom stereocenters. The summed E-state index contributed by atoms with van der Waals surface area (Å²) in [6, 6.07) is 0. The molecule has 76 valence electrons. The molecule has 2 aliphatic carbocycles. The second-order valence-electron chi connectivity index (χ2n) is 5.16. The van der Waals surface area contributed by atoms with E-state index in [4.69, 9.17) is 4.74 Å². The fourth-order valence-electron chi connectivity index (χ4n) is 3.70. The molecule has 0 saturated heterocycles. The van der Waals surface area contributed by atoms with E-state index < -0.39 is 0 Å². The molecule has 0 aliphatic heterocycles. The molecule has 2 rings (SSSR count). The van der Waals surface area contributed by atoms with E-state index in [0.717, 1.165) is 36.2 Å². The summed E-state index contributed by atoms with van der Waals surface area (Å²) in [5, 5.41) is 0. The average Bonchev–Trinajstić information content (AvgIpc) is 2.64. The molecule has 0 amide bonds. The highest BCUT2D eigenvalue weighted by molar-refractivity contribution is 4.97. The van der Waals surface area contributed by atoms with Crippen molar-refractivity contribution in [3.8, 4) is 0 Å². The van der Waals surface area contributed by atoms with Crippen LogP contribution in [0.2, 0.25) is 0 Å². The van der Waals surface area contributed by atoms with Gasteiger partial charge in [-0.25, -0.2) is 0 Å². The van der Waals surface area contributed by atoms with E-state index in [1.165, 1.54) is 19.3 Å². The van der Waals surface area contributed by atoms with Gasteiger partial charge in [0.25, 0.3) is 0 Å². The normalized spacial score (nSPS) is 48.7. The van der Waals surface area contributed by atoms with Crippen LogP contribution in [-0.2, 0) is 4.74 Å². The quantitative estimate of drug-likeness (QED) is 0.652. The average molecular weight is 182 g/mol. The van der Waals surface area contributed by atoms with E-state index in [0.29, 0.717) is 0 Å². The number of methoxy groups -OCH3 is 1. The molecule has 2 aliphatic rings. The Balaban J connectivity index is 1.90. The molecule has 1 heteroatoms. The lowest BCUT2D eigenvalue weighted by Gasteiger charge is -2.31. The molecule has 2 saturated carbocycles. The molecule has 1 nitrogen and oxygen atoms in total. The highest BCUT2D eigenvalue weighted by atomic mass is 16.5. The van der Waals surface area contributed by atoms with Crippen molar-refractivity contribution in [2.75, 3.05) is 13.7 Å². The van der Waals surface area contributed by atoms with Gasteiger partial charge in [0.2, 0.25) is 0 Å². The van der Waals surface area contributed by atoms with Crippen molar-refractivity contribution in [3.05, 3.63) is 0 Å². The fraction of sp³-hybridized carbons (Fsp3) is 1.00. The zero-order valence-corrected chi connectivity index (χ0v) is 9.12. The zero-order valence-electron chi connectivity index (χ0n) is 9.12. The van der Waals surface area contributed by atoms with Gasteiger partial charge in [0.05, 0.1) is 0 Å². The first-order valence-electron chi connectivity index (χ1n) is 5.73. The molecule has 0 aromatic heterocycles. The van der Waals surface area contributed by atoms with Gasteiger partial charge in [-0.05, 0) is 48.9 Å².